The van der Waals surface area contributed by atoms with Gasteiger partial charge >= 0.3 is 0 Å². The third-order valence-corrected chi connectivity index (χ3v) is 3.23. The van der Waals surface area contributed by atoms with Gasteiger partial charge in [0, 0.05) is 6.54 Å². The Balaban J connectivity index is 1.84. The van der Waals surface area contributed by atoms with Crippen molar-refractivity contribution in [2.75, 3.05) is 12.3 Å². The number of nitrogens with one attached hydrogen (secondary N) is 1. The maximum Gasteiger partial charge on any atom is 0.254 e. The topological polar surface area (TPSA) is 55.1 Å². The van der Waals surface area contributed by atoms with Crippen molar-refractivity contribution in [2.24, 2.45) is 0 Å². The molecule has 0 spiro atoms. The normalized spacial score (nSPS) is 10.1. The number of nitrogens with two attached hydrogens (primary N) is 1. The molecule has 2 rings (SSSR count). The molecule has 0 unspecified atom stereocenters. The first-order valence-corrected chi connectivity index (χ1v) is 6.30. The molecule has 88 valence electrons. The van der Waals surface area contributed by atoms with Crippen molar-refractivity contribution in [1.82, 2.24) is 5.32 Å². The van der Waals surface area contributed by atoms with Gasteiger partial charge in [-0.05, 0) is 23.4 Å². The largest absolute Gasteiger partial charge is 0.390 e. The predicted octanol–water partition coefficient (Wildman–Crippen LogP) is 2.30. The van der Waals surface area contributed by atoms with Crippen molar-refractivity contribution in [3.05, 3.63) is 52.9 Å². The molecule has 17 heavy (non-hydrogen) atoms. The average Bonchev–Trinajstić information content (AvgIpc) is 2.77. The van der Waals surface area contributed by atoms with E-state index in [1.807, 2.05) is 35.7 Å². The molecule has 0 saturated carbocycles. The maximum absolute atomic E-state index is 11.7. The number of hydrogen-bond acceptors (Lipinski definition) is 3. The second kappa shape index (κ2) is 5.50. The van der Waals surface area contributed by atoms with Gasteiger partial charge in [-0.1, -0.05) is 30.3 Å². The van der Waals surface area contributed by atoms with Crippen LogP contribution in [-0.2, 0) is 6.42 Å². The highest BCUT2D eigenvalue weighted by molar-refractivity contribution is 7.14. The molecule has 0 bridgehead atoms. The molecule has 0 aliphatic carbocycles. The summed E-state index contributed by atoms with van der Waals surface area (Å²) < 4.78 is 0. The van der Waals surface area contributed by atoms with Gasteiger partial charge in [0.25, 0.3) is 5.91 Å². The Labute approximate surface area is 104 Å². The van der Waals surface area contributed by atoms with Crippen LogP contribution in [0.25, 0.3) is 0 Å². The van der Waals surface area contributed by atoms with Crippen LogP contribution in [0.15, 0.2) is 41.8 Å². The molecular formula is C13H14N2OS. The fraction of sp³-hybridized carbons (Fsp3) is 0.154. The van der Waals surface area contributed by atoms with Gasteiger partial charge in [0.1, 0.15) is 0 Å². The molecule has 0 fully saturated rings. The molecule has 0 atom stereocenters. The van der Waals surface area contributed by atoms with E-state index >= 15 is 0 Å². The van der Waals surface area contributed by atoms with Gasteiger partial charge in [-0.3, -0.25) is 4.79 Å². The first-order valence-electron chi connectivity index (χ1n) is 5.42. The first kappa shape index (κ1) is 11.7. The van der Waals surface area contributed by atoms with Crippen molar-refractivity contribution in [3.63, 3.8) is 0 Å². The van der Waals surface area contributed by atoms with Gasteiger partial charge in [0.2, 0.25) is 0 Å². The Morgan fingerprint density at radius 1 is 1.24 bits per heavy atom. The molecular weight excluding hydrogens is 232 g/mol. The summed E-state index contributed by atoms with van der Waals surface area (Å²) in [6.45, 7) is 0.623. The van der Waals surface area contributed by atoms with E-state index in [-0.39, 0.29) is 5.91 Å². The van der Waals surface area contributed by atoms with Crippen LogP contribution in [0, 0.1) is 0 Å². The molecule has 2 aromatic rings. The first-order chi connectivity index (χ1) is 8.27. The second-order valence-corrected chi connectivity index (χ2v) is 4.64. The molecule has 1 aromatic carbocycles. The van der Waals surface area contributed by atoms with Crippen LogP contribution in [0.4, 0.5) is 5.00 Å². The van der Waals surface area contributed by atoms with Crippen molar-refractivity contribution in [2.45, 2.75) is 6.42 Å². The SMILES string of the molecule is Nc1sccc1C(=O)NCCc1ccccc1. The summed E-state index contributed by atoms with van der Waals surface area (Å²) in [6, 6.07) is 11.8. The van der Waals surface area contributed by atoms with E-state index in [4.69, 9.17) is 5.73 Å². The summed E-state index contributed by atoms with van der Waals surface area (Å²) in [4.78, 5) is 11.7. The van der Waals surface area contributed by atoms with E-state index in [9.17, 15) is 4.79 Å². The van der Waals surface area contributed by atoms with Crippen molar-refractivity contribution in [3.8, 4) is 0 Å². The van der Waals surface area contributed by atoms with Crippen molar-refractivity contribution in [1.29, 1.82) is 0 Å². The van der Waals surface area contributed by atoms with E-state index < -0.39 is 0 Å². The van der Waals surface area contributed by atoms with Crippen LogP contribution in [0.1, 0.15) is 15.9 Å². The lowest BCUT2D eigenvalue weighted by molar-refractivity contribution is 0.0955. The average molecular weight is 246 g/mol. The molecule has 0 saturated heterocycles. The lowest BCUT2D eigenvalue weighted by atomic mass is 10.1. The molecule has 1 amide bonds. The van der Waals surface area contributed by atoms with Gasteiger partial charge < -0.3 is 11.1 Å². The van der Waals surface area contributed by atoms with Crippen LogP contribution in [0.3, 0.4) is 0 Å². The zero-order valence-corrected chi connectivity index (χ0v) is 10.2. The van der Waals surface area contributed by atoms with Gasteiger partial charge in [-0.2, -0.15) is 0 Å². The zero-order valence-electron chi connectivity index (χ0n) is 9.35. The lowest BCUT2D eigenvalue weighted by Crippen LogP contribution is -2.25. The summed E-state index contributed by atoms with van der Waals surface area (Å²) in [6.07, 6.45) is 0.830. The highest BCUT2D eigenvalue weighted by atomic mass is 32.1. The van der Waals surface area contributed by atoms with E-state index in [1.165, 1.54) is 16.9 Å². The fourth-order valence-electron chi connectivity index (χ4n) is 1.57. The van der Waals surface area contributed by atoms with Gasteiger partial charge in [0.15, 0.2) is 0 Å². The minimum atomic E-state index is -0.0975. The Kier molecular flexibility index (Phi) is 3.77. The highest BCUT2D eigenvalue weighted by Crippen LogP contribution is 2.18. The summed E-state index contributed by atoms with van der Waals surface area (Å²) in [5.74, 6) is -0.0975. The predicted molar refractivity (Wildman–Crippen MR) is 71.2 cm³/mol. The number of thiophene rings is 1. The molecule has 0 radical (unpaired) electrons. The molecule has 1 heterocycles. The fourth-order valence-corrected chi connectivity index (χ4v) is 2.21. The van der Waals surface area contributed by atoms with Gasteiger partial charge in [-0.15, -0.1) is 11.3 Å². The van der Waals surface area contributed by atoms with E-state index in [1.54, 1.807) is 6.07 Å². The second-order valence-electron chi connectivity index (χ2n) is 3.69. The molecule has 3 N–H and O–H groups in total. The van der Waals surface area contributed by atoms with E-state index in [2.05, 4.69) is 5.32 Å². The van der Waals surface area contributed by atoms with Crippen LogP contribution in [0.2, 0.25) is 0 Å². The monoisotopic (exact) mass is 246 g/mol. The summed E-state index contributed by atoms with van der Waals surface area (Å²) in [5.41, 5.74) is 7.47. The van der Waals surface area contributed by atoms with Crippen molar-refractivity contribution < 1.29 is 4.79 Å². The number of anilines is 1. The molecule has 0 aliphatic rings. The quantitative estimate of drug-likeness (QED) is 0.869. The maximum atomic E-state index is 11.7. The minimum Gasteiger partial charge on any atom is -0.390 e. The summed E-state index contributed by atoms with van der Waals surface area (Å²) >= 11 is 1.38. The number of carbonyl (C=O) groups is 1. The lowest BCUT2D eigenvalue weighted by Gasteiger charge is -2.04. The molecule has 3 nitrogen and oxygen atoms in total. The Bertz CT molecular complexity index is 493. The number of benzene rings is 1. The standard InChI is InChI=1S/C13H14N2OS/c14-12-11(7-9-17-12)13(16)15-8-6-10-4-2-1-3-5-10/h1-5,7,9H,6,8,14H2,(H,15,16). The Morgan fingerprint density at radius 2 is 2.00 bits per heavy atom. The van der Waals surface area contributed by atoms with Crippen molar-refractivity contribution >= 4 is 22.2 Å². The van der Waals surface area contributed by atoms with E-state index in [0.717, 1.165) is 6.42 Å². The number of amides is 1. The third kappa shape index (κ3) is 3.07. The molecule has 0 aliphatic heterocycles. The smallest absolute Gasteiger partial charge is 0.254 e. The third-order valence-electron chi connectivity index (χ3n) is 2.48. The van der Waals surface area contributed by atoms with Gasteiger partial charge in [0.05, 0.1) is 10.6 Å². The molecule has 4 heteroatoms. The zero-order chi connectivity index (χ0) is 12.1. The van der Waals surface area contributed by atoms with Crippen LogP contribution >= 0.6 is 11.3 Å². The number of nitrogen functional groups attached to an aromatic ring is 1. The highest BCUT2D eigenvalue weighted by Gasteiger charge is 2.09. The molecule has 1 aromatic heterocycles. The van der Waals surface area contributed by atoms with Gasteiger partial charge in [-0.25, -0.2) is 0 Å². The minimum absolute atomic E-state index is 0.0975. The number of rotatable bonds is 4. The number of hydrogen-bond donors (Lipinski definition) is 2. The van der Waals surface area contributed by atoms with E-state index in [0.29, 0.717) is 17.1 Å². The summed E-state index contributed by atoms with van der Waals surface area (Å²) in [5, 5.41) is 5.25. The van der Waals surface area contributed by atoms with Crippen LogP contribution < -0.4 is 11.1 Å². The van der Waals surface area contributed by atoms with Crippen LogP contribution in [0.5, 0.6) is 0 Å². The Hall–Kier alpha value is -1.81. The number of carbonyl (C=O) groups excluding carboxylic acids is 1. The van der Waals surface area contributed by atoms with Crippen LogP contribution in [-0.4, -0.2) is 12.5 Å². The Morgan fingerprint density at radius 3 is 2.65 bits per heavy atom. The summed E-state index contributed by atoms with van der Waals surface area (Å²) in [7, 11) is 0.